The minimum atomic E-state index is -0.333. The number of hydrogen-bond donors (Lipinski definition) is 2. The van der Waals surface area contributed by atoms with Gasteiger partial charge in [-0.05, 0) is 54.3 Å². The van der Waals surface area contributed by atoms with Crippen molar-refractivity contribution in [2.75, 3.05) is 12.4 Å². The second kappa shape index (κ2) is 8.96. The predicted molar refractivity (Wildman–Crippen MR) is 111 cm³/mol. The number of nitrogens with one attached hydrogen (secondary N) is 2. The van der Waals surface area contributed by atoms with Gasteiger partial charge >= 0.3 is 0 Å². The molecular weight excluding hydrogens is 374 g/mol. The molecule has 0 aliphatic carbocycles. The lowest BCUT2D eigenvalue weighted by Crippen LogP contribution is -2.19. The summed E-state index contributed by atoms with van der Waals surface area (Å²) in [4.78, 5) is 25.1. The summed E-state index contributed by atoms with van der Waals surface area (Å²) in [6, 6.07) is 17.7. The number of hydrogen-bond acceptors (Lipinski definition) is 5. The van der Waals surface area contributed by atoms with E-state index in [1.54, 1.807) is 50.4 Å². The molecule has 0 unspecified atom stereocenters. The Hall–Kier alpha value is -3.45. The topological polar surface area (TPSA) is 79.8 Å². The summed E-state index contributed by atoms with van der Waals surface area (Å²) in [6.07, 6.45) is 0. The van der Waals surface area contributed by atoms with Crippen LogP contribution in [0.25, 0.3) is 0 Å². The van der Waals surface area contributed by atoms with Crippen LogP contribution in [0.5, 0.6) is 5.75 Å². The maximum absolute atomic E-state index is 12.3. The van der Waals surface area contributed by atoms with Crippen LogP contribution in [0.4, 0.5) is 5.69 Å². The second-order valence-electron chi connectivity index (χ2n) is 5.88. The number of hydrazone groups is 1. The fourth-order valence-corrected chi connectivity index (χ4v) is 3.07. The molecule has 28 heavy (non-hydrogen) atoms. The molecular formula is C21H19N3O3S. The molecule has 3 rings (SSSR count). The number of methoxy groups -OCH3 is 1. The van der Waals surface area contributed by atoms with Crippen LogP contribution in [-0.4, -0.2) is 24.6 Å². The molecule has 0 spiro atoms. The summed E-state index contributed by atoms with van der Waals surface area (Å²) in [5.74, 6) is 0.107. The number of carbonyl (C=O) groups is 2. The minimum Gasteiger partial charge on any atom is -0.497 e. The largest absolute Gasteiger partial charge is 0.497 e. The van der Waals surface area contributed by atoms with E-state index in [9.17, 15) is 9.59 Å². The normalized spacial score (nSPS) is 11.0. The Kier molecular flexibility index (Phi) is 6.18. The first-order chi connectivity index (χ1) is 13.6. The number of benzene rings is 2. The zero-order valence-corrected chi connectivity index (χ0v) is 16.2. The average Bonchev–Trinajstić information content (AvgIpc) is 3.27. The van der Waals surface area contributed by atoms with E-state index in [-0.39, 0.29) is 11.8 Å². The van der Waals surface area contributed by atoms with E-state index in [1.807, 2.05) is 29.6 Å². The van der Waals surface area contributed by atoms with Crippen molar-refractivity contribution >= 4 is 34.6 Å². The van der Waals surface area contributed by atoms with Gasteiger partial charge in [-0.25, -0.2) is 5.43 Å². The minimum absolute atomic E-state index is 0.159. The van der Waals surface area contributed by atoms with Crippen molar-refractivity contribution in [3.05, 3.63) is 82.0 Å². The Morgan fingerprint density at radius 3 is 2.50 bits per heavy atom. The molecule has 7 heteroatoms. The Balaban J connectivity index is 1.68. The summed E-state index contributed by atoms with van der Waals surface area (Å²) in [5.41, 5.74) is 5.05. The molecule has 0 bridgehead atoms. The van der Waals surface area contributed by atoms with Gasteiger partial charge < -0.3 is 10.1 Å². The zero-order chi connectivity index (χ0) is 19.9. The van der Waals surface area contributed by atoms with Crippen molar-refractivity contribution in [3.63, 3.8) is 0 Å². The van der Waals surface area contributed by atoms with Gasteiger partial charge in [0.25, 0.3) is 11.8 Å². The van der Waals surface area contributed by atoms with Gasteiger partial charge in [0, 0.05) is 11.3 Å². The number of amides is 2. The molecule has 0 saturated carbocycles. The Bertz CT molecular complexity index is 1010. The van der Waals surface area contributed by atoms with E-state index in [0.29, 0.717) is 27.6 Å². The highest BCUT2D eigenvalue weighted by molar-refractivity contribution is 7.12. The highest BCUT2D eigenvalue weighted by atomic mass is 32.1. The fraction of sp³-hybridized carbons (Fsp3) is 0.0952. The monoisotopic (exact) mass is 393 g/mol. The molecule has 0 aliphatic heterocycles. The van der Waals surface area contributed by atoms with Crippen molar-refractivity contribution in [1.29, 1.82) is 0 Å². The van der Waals surface area contributed by atoms with Crippen LogP contribution in [0.15, 0.2) is 71.1 Å². The summed E-state index contributed by atoms with van der Waals surface area (Å²) in [5, 5.41) is 8.87. The maximum atomic E-state index is 12.3. The molecule has 2 amide bonds. The van der Waals surface area contributed by atoms with E-state index in [0.717, 1.165) is 5.56 Å². The SMILES string of the molecule is COc1cccc(C(=O)NN=C(C)c2cccc(NC(=O)c3cccs3)c2)c1. The van der Waals surface area contributed by atoms with Gasteiger partial charge in [-0.3, -0.25) is 9.59 Å². The fourth-order valence-electron chi connectivity index (χ4n) is 2.45. The first kappa shape index (κ1) is 19.3. The van der Waals surface area contributed by atoms with Gasteiger partial charge in [0.05, 0.1) is 17.7 Å². The van der Waals surface area contributed by atoms with E-state index in [1.165, 1.54) is 11.3 Å². The summed E-state index contributed by atoms with van der Waals surface area (Å²) < 4.78 is 5.12. The van der Waals surface area contributed by atoms with Gasteiger partial charge in [0.2, 0.25) is 0 Å². The molecule has 142 valence electrons. The molecule has 3 aromatic rings. The number of thiophene rings is 1. The van der Waals surface area contributed by atoms with E-state index in [4.69, 9.17) is 4.74 Å². The summed E-state index contributed by atoms with van der Waals surface area (Å²) in [7, 11) is 1.55. The van der Waals surface area contributed by atoms with Gasteiger partial charge in [-0.2, -0.15) is 5.10 Å². The molecule has 1 aromatic heterocycles. The standard InChI is InChI=1S/C21H19N3O3S/c1-14(23-24-20(25)16-7-4-9-18(13-16)27-2)15-6-3-8-17(12-15)22-21(26)19-10-5-11-28-19/h3-13H,1-2H3,(H,22,26)(H,24,25). The van der Waals surface area contributed by atoms with E-state index < -0.39 is 0 Å². The van der Waals surface area contributed by atoms with Crippen LogP contribution >= 0.6 is 11.3 Å². The molecule has 1 heterocycles. The first-order valence-electron chi connectivity index (χ1n) is 8.51. The van der Waals surface area contributed by atoms with E-state index in [2.05, 4.69) is 15.8 Å². The molecule has 2 N–H and O–H groups in total. The lowest BCUT2D eigenvalue weighted by molar-refractivity contribution is 0.0953. The third kappa shape index (κ3) is 4.83. The number of rotatable bonds is 6. The first-order valence-corrected chi connectivity index (χ1v) is 9.39. The van der Waals surface area contributed by atoms with Crippen molar-refractivity contribution in [3.8, 4) is 5.75 Å². The third-order valence-corrected chi connectivity index (χ3v) is 4.81. The number of anilines is 1. The van der Waals surface area contributed by atoms with Crippen molar-refractivity contribution in [2.45, 2.75) is 6.92 Å². The number of carbonyl (C=O) groups excluding carboxylic acids is 2. The highest BCUT2D eigenvalue weighted by Gasteiger charge is 2.09. The Morgan fingerprint density at radius 2 is 1.75 bits per heavy atom. The third-order valence-electron chi connectivity index (χ3n) is 3.94. The van der Waals surface area contributed by atoms with Crippen molar-refractivity contribution in [1.82, 2.24) is 5.43 Å². The van der Waals surface area contributed by atoms with Crippen LogP contribution in [0, 0.1) is 0 Å². The van der Waals surface area contributed by atoms with Crippen LogP contribution < -0.4 is 15.5 Å². The number of ether oxygens (including phenoxy) is 1. The molecule has 6 nitrogen and oxygen atoms in total. The van der Waals surface area contributed by atoms with Crippen molar-refractivity contribution in [2.24, 2.45) is 5.10 Å². The highest BCUT2D eigenvalue weighted by Crippen LogP contribution is 2.16. The second-order valence-corrected chi connectivity index (χ2v) is 6.83. The maximum Gasteiger partial charge on any atom is 0.271 e. The molecule has 0 atom stereocenters. The van der Waals surface area contributed by atoms with Crippen LogP contribution in [0.3, 0.4) is 0 Å². The molecule has 0 aliphatic rings. The van der Waals surface area contributed by atoms with Crippen LogP contribution in [0.1, 0.15) is 32.5 Å². The number of nitrogens with zero attached hydrogens (tertiary/aromatic N) is 1. The van der Waals surface area contributed by atoms with Gasteiger partial charge in [0.1, 0.15) is 5.75 Å². The van der Waals surface area contributed by atoms with Crippen molar-refractivity contribution < 1.29 is 14.3 Å². The van der Waals surface area contributed by atoms with Gasteiger partial charge in [-0.1, -0.05) is 24.3 Å². The Morgan fingerprint density at radius 1 is 0.964 bits per heavy atom. The molecule has 0 radical (unpaired) electrons. The Labute approximate surface area is 166 Å². The smallest absolute Gasteiger partial charge is 0.271 e. The van der Waals surface area contributed by atoms with Gasteiger partial charge in [-0.15, -0.1) is 11.3 Å². The zero-order valence-electron chi connectivity index (χ0n) is 15.4. The average molecular weight is 393 g/mol. The van der Waals surface area contributed by atoms with Crippen LogP contribution in [0.2, 0.25) is 0 Å². The lowest BCUT2D eigenvalue weighted by Gasteiger charge is -2.07. The predicted octanol–water partition coefficient (Wildman–Crippen LogP) is 4.16. The molecule has 0 fully saturated rings. The summed E-state index contributed by atoms with van der Waals surface area (Å²) in [6.45, 7) is 1.78. The summed E-state index contributed by atoms with van der Waals surface area (Å²) >= 11 is 1.38. The molecule has 2 aromatic carbocycles. The van der Waals surface area contributed by atoms with Crippen LogP contribution in [-0.2, 0) is 0 Å². The lowest BCUT2D eigenvalue weighted by atomic mass is 10.1. The quantitative estimate of drug-likeness (QED) is 0.487. The molecule has 0 saturated heterocycles. The van der Waals surface area contributed by atoms with Gasteiger partial charge in [0.15, 0.2) is 0 Å². The van der Waals surface area contributed by atoms with E-state index >= 15 is 0 Å².